The van der Waals surface area contributed by atoms with Gasteiger partial charge in [-0.15, -0.1) is 0 Å². The lowest BCUT2D eigenvalue weighted by atomic mass is 10.0. The molecule has 0 radical (unpaired) electrons. The molecular formula is C21H22ClN3O2. The van der Waals surface area contributed by atoms with Gasteiger partial charge in [-0.1, -0.05) is 11.6 Å². The van der Waals surface area contributed by atoms with Crippen LogP contribution in [-0.4, -0.2) is 24.9 Å². The summed E-state index contributed by atoms with van der Waals surface area (Å²) in [5, 5.41) is 6.32. The Morgan fingerprint density at radius 2 is 1.30 bits per heavy atom. The van der Waals surface area contributed by atoms with Crippen molar-refractivity contribution in [3.63, 3.8) is 0 Å². The standard InChI is InChI=1S/C21H22ClN3O2/c22-15-3-5-16(6-4-15)23-19(26)21(11-12-21)20(27)24-17-7-9-18(10-8-17)25-13-1-2-14-25/h3-10H,1-2,11-14H2,(H,23,26)(H,24,27). The molecule has 1 aliphatic heterocycles. The summed E-state index contributed by atoms with van der Waals surface area (Å²) in [7, 11) is 0. The van der Waals surface area contributed by atoms with Crippen LogP contribution in [0.5, 0.6) is 0 Å². The smallest absolute Gasteiger partial charge is 0.240 e. The molecule has 0 aromatic heterocycles. The van der Waals surface area contributed by atoms with Gasteiger partial charge < -0.3 is 15.5 Å². The first-order valence-corrected chi connectivity index (χ1v) is 9.68. The molecule has 2 aromatic carbocycles. The minimum Gasteiger partial charge on any atom is -0.372 e. The molecule has 2 amide bonds. The van der Waals surface area contributed by atoms with Crippen LogP contribution in [0.3, 0.4) is 0 Å². The number of amides is 2. The third kappa shape index (κ3) is 3.78. The highest BCUT2D eigenvalue weighted by Gasteiger charge is 2.56. The van der Waals surface area contributed by atoms with E-state index in [4.69, 9.17) is 11.6 Å². The van der Waals surface area contributed by atoms with E-state index >= 15 is 0 Å². The molecule has 2 N–H and O–H groups in total. The number of nitrogens with zero attached hydrogens (tertiary/aromatic N) is 1. The zero-order chi connectivity index (χ0) is 18.9. The minimum atomic E-state index is -0.979. The van der Waals surface area contributed by atoms with Crippen LogP contribution in [0.1, 0.15) is 25.7 Å². The molecule has 4 rings (SSSR count). The van der Waals surface area contributed by atoms with Crippen molar-refractivity contribution < 1.29 is 9.59 Å². The zero-order valence-electron chi connectivity index (χ0n) is 15.0. The highest BCUT2D eigenvalue weighted by molar-refractivity contribution is 6.30. The van der Waals surface area contributed by atoms with Crippen molar-refractivity contribution in [3.05, 3.63) is 53.6 Å². The highest BCUT2D eigenvalue weighted by Crippen LogP contribution is 2.47. The van der Waals surface area contributed by atoms with E-state index in [1.54, 1.807) is 24.3 Å². The summed E-state index contributed by atoms with van der Waals surface area (Å²) in [5.74, 6) is -0.515. The number of benzene rings is 2. The van der Waals surface area contributed by atoms with Crippen molar-refractivity contribution >= 4 is 40.5 Å². The Balaban J connectivity index is 1.39. The fourth-order valence-corrected chi connectivity index (χ4v) is 3.57. The Hall–Kier alpha value is -2.53. The molecule has 1 saturated carbocycles. The van der Waals surface area contributed by atoms with Crippen LogP contribution in [0.2, 0.25) is 5.02 Å². The first kappa shape index (κ1) is 17.9. The van der Waals surface area contributed by atoms with Gasteiger partial charge in [0, 0.05) is 35.2 Å². The molecule has 6 heteroatoms. The average Bonchev–Trinajstić information content (AvgIpc) is 3.32. The van der Waals surface area contributed by atoms with Gasteiger partial charge >= 0.3 is 0 Å². The molecule has 27 heavy (non-hydrogen) atoms. The van der Waals surface area contributed by atoms with Gasteiger partial charge in [0.05, 0.1) is 0 Å². The zero-order valence-corrected chi connectivity index (χ0v) is 15.8. The van der Waals surface area contributed by atoms with Crippen molar-refractivity contribution in [3.8, 4) is 0 Å². The van der Waals surface area contributed by atoms with Gasteiger partial charge in [0.2, 0.25) is 11.8 Å². The number of rotatable bonds is 5. The summed E-state index contributed by atoms with van der Waals surface area (Å²) < 4.78 is 0. The second-order valence-corrected chi connectivity index (χ2v) is 7.67. The first-order valence-electron chi connectivity index (χ1n) is 9.30. The predicted molar refractivity (Wildman–Crippen MR) is 108 cm³/mol. The van der Waals surface area contributed by atoms with Crippen molar-refractivity contribution in [1.82, 2.24) is 0 Å². The van der Waals surface area contributed by atoms with Gasteiger partial charge in [-0.05, 0) is 74.2 Å². The van der Waals surface area contributed by atoms with Crippen LogP contribution in [0.4, 0.5) is 17.1 Å². The van der Waals surface area contributed by atoms with Crippen molar-refractivity contribution in [2.45, 2.75) is 25.7 Å². The SMILES string of the molecule is O=C(Nc1ccc(Cl)cc1)C1(C(=O)Nc2ccc(N3CCCC3)cc2)CC1. The van der Waals surface area contributed by atoms with E-state index < -0.39 is 5.41 Å². The van der Waals surface area contributed by atoms with E-state index in [1.165, 1.54) is 18.5 Å². The van der Waals surface area contributed by atoms with Crippen LogP contribution in [0.25, 0.3) is 0 Å². The molecular weight excluding hydrogens is 362 g/mol. The molecule has 1 saturated heterocycles. The maximum Gasteiger partial charge on any atom is 0.240 e. The largest absolute Gasteiger partial charge is 0.372 e. The Kier molecular flexibility index (Phi) is 4.79. The van der Waals surface area contributed by atoms with E-state index in [-0.39, 0.29) is 11.8 Å². The summed E-state index contributed by atoms with van der Waals surface area (Å²) >= 11 is 5.86. The molecule has 0 bridgehead atoms. The second-order valence-electron chi connectivity index (χ2n) is 7.24. The van der Waals surface area contributed by atoms with Gasteiger partial charge in [-0.3, -0.25) is 9.59 Å². The van der Waals surface area contributed by atoms with Crippen molar-refractivity contribution in [2.24, 2.45) is 5.41 Å². The van der Waals surface area contributed by atoms with Crippen LogP contribution in [-0.2, 0) is 9.59 Å². The molecule has 2 aromatic rings. The molecule has 1 aliphatic carbocycles. The molecule has 140 valence electrons. The number of carbonyl (C=O) groups is 2. The van der Waals surface area contributed by atoms with E-state index in [9.17, 15) is 9.59 Å². The molecule has 0 spiro atoms. The second kappa shape index (κ2) is 7.24. The van der Waals surface area contributed by atoms with Crippen LogP contribution in [0.15, 0.2) is 48.5 Å². The van der Waals surface area contributed by atoms with Crippen molar-refractivity contribution in [1.29, 1.82) is 0 Å². The minimum absolute atomic E-state index is 0.247. The van der Waals surface area contributed by atoms with Gasteiger partial charge in [-0.2, -0.15) is 0 Å². The summed E-state index contributed by atoms with van der Waals surface area (Å²) in [6.07, 6.45) is 3.57. The Morgan fingerprint density at radius 1 is 0.815 bits per heavy atom. The third-order valence-electron chi connectivity index (χ3n) is 5.32. The molecule has 2 aliphatic rings. The number of nitrogens with one attached hydrogen (secondary N) is 2. The fraction of sp³-hybridized carbons (Fsp3) is 0.333. The molecule has 0 unspecified atom stereocenters. The topological polar surface area (TPSA) is 61.4 Å². The van der Waals surface area contributed by atoms with Crippen molar-refractivity contribution in [2.75, 3.05) is 28.6 Å². The molecule has 0 atom stereocenters. The Labute approximate surface area is 163 Å². The molecule has 2 fully saturated rings. The normalized spacial score (nSPS) is 17.4. The van der Waals surface area contributed by atoms with Gasteiger partial charge in [-0.25, -0.2) is 0 Å². The lowest BCUT2D eigenvalue weighted by Gasteiger charge is -2.19. The third-order valence-corrected chi connectivity index (χ3v) is 5.57. The number of halogens is 1. The Bertz CT molecular complexity index is 839. The number of hydrogen-bond donors (Lipinski definition) is 2. The van der Waals surface area contributed by atoms with Crippen LogP contribution >= 0.6 is 11.6 Å². The maximum absolute atomic E-state index is 12.7. The van der Waals surface area contributed by atoms with E-state index in [1.807, 2.05) is 24.3 Å². The summed E-state index contributed by atoms with van der Waals surface area (Å²) in [5.41, 5.74) is 1.55. The fourth-order valence-electron chi connectivity index (χ4n) is 3.45. The van der Waals surface area contributed by atoms with Crippen LogP contribution < -0.4 is 15.5 Å². The Morgan fingerprint density at radius 3 is 1.78 bits per heavy atom. The quantitative estimate of drug-likeness (QED) is 0.757. The number of hydrogen-bond acceptors (Lipinski definition) is 3. The predicted octanol–water partition coefficient (Wildman–Crippen LogP) is 4.30. The monoisotopic (exact) mass is 383 g/mol. The number of anilines is 3. The maximum atomic E-state index is 12.7. The lowest BCUT2D eigenvalue weighted by Crippen LogP contribution is -2.35. The van der Waals surface area contributed by atoms with Gasteiger partial charge in [0.25, 0.3) is 0 Å². The van der Waals surface area contributed by atoms with Gasteiger partial charge in [0.15, 0.2) is 0 Å². The average molecular weight is 384 g/mol. The summed E-state index contributed by atoms with van der Waals surface area (Å²) in [6.45, 7) is 2.17. The lowest BCUT2D eigenvalue weighted by molar-refractivity contribution is -0.131. The van der Waals surface area contributed by atoms with Crippen LogP contribution in [0, 0.1) is 5.41 Å². The number of carbonyl (C=O) groups excluding carboxylic acids is 2. The highest BCUT2D eigenvalue weighted by atomic mass is 35.5. The summed E-state index contributed by atoms with van der Waals surface area (Å²) in [6, 6.07) is 14.7. The van der Waals surface area contributed by atoms with E-state index in [0.29, 0.717) is 29.2 Å². The first-order chi connectivity index (χ1) is 13.1. The van der Waals surface area contributed by atoms with Gasteiger partial charge in [0.1, 0.15) is 5.41 Å². The molecule has 1 heterocycles. The van der Waals surface area contributed by atoms with E-state index in [0.717, 1.165) is 13.1 Å². The summed E-state index contributed by atoms with van der Waals surface area (Å²) in [4.78, 5) is 27.7. The molecule has 5 nitrogen and oxygen atoms in total. The van der Waals surface area contributed by atoms with E-state index in [2.05, 4.69) is 15.5 Å².